The molecule has 6 nitrogen and oxygen atoms in total. The van der Waals surface area contributed by atoms with Crippen molar-refractivity contribution in [3.05, 3.63) is 72.9 Å². The third-order valence-electron chi connectivity index (χ3n) is 10.6. The highest BCUT2D eigenvalue weighted by Gasteiger charge is 2.19. The number of allylic oxidation sites excluding steroid dienone is 12. The molecule has 0 fully saturated rings. The van der Waals surface area contributed by atoms with E-state index in [2.05, 4.69) is 93.7 Å². The van der Waals surface area contributed by atoms with E-state index >= 15 is 0 Å². The van der Waals surface area contributed by atoms with Gasteiger partial charge in [-0.3, -0.25) is 14.4 Å². The minimum absolute atomic E-state index is 0.0893. The summed E-state index contributed by atoms with van der Waals surface area (Å²) in [6.45, 7) is 6.34. The summed E-state index contributed by atoms with van der Waals surface area (Å²) in [6.07, 6.45) is 60.3. The lowest BCUT2D eigenvalue weighted by Crippen LogP contribution is -2.30. The molecule has 0 aliphatic rings. The minimum atomic E-state index is -0.792. The Bertz CT molecular complexity index is 1140. The van der Waals surface area contributed by atoms with Crippen LogP contribution in [0.15, 0.2) is 72.9 Å². The maximum absolute atomic E-state index is 12.8. The molecule has 0 aromatic rings. The molecule has 0 aliphatic carbocycles. The lowest BCUT2D eigenvalue weighted by atomic mass is 10.0. The average Bonchev–Trinajstić information content (AvgIpc) is 3.24. The third kappa shape index (κ3) is 45.9. The van der Waals surface area contributed by atoms with Gasteiger partial charge in [0.15, 0.2) is 6.10 Å². The molecule has 0 saturated heterocycles. The topological polar surface area (TPSA) is 78.9 Å². The molecule has 1 unspecified atom stereocenters. The van der Waals surface area contributed by atoms with Crippen molar-refractivity contribution in [3.63, 3.8) is 0 Å². The SMILES string of the molecule is CC/C=C/C=C/C=C/CCCCCCCC(=O)OCC(COC(=O)CCCCCCCCCCCCCCCCCC)OC(=O)CCCCCCC/C=C/C=C/C=C/CC. The third-order valence-corrected chi connectivity index (χ3v) is 10.6. The van der Waals surface area contributed by atoms with Gasteiger partial charge >= 0.3 is 17.9 Å². The first kappa shape index (κ1) is 56.9. The number of carbonyl (C=O) groups is 3. The van der Waals surface area contributed by atoms with E-state index in [9.17, 15) is 14.4 Å². The molecule has 344 valence electrons. The van der Waals surface area contributed by atoms with E-state index in [0.717, 1.165) is 109 Å². The standard InChI is InChI=1S/C54H92O6/c1-4-7-10-13-16-19-22-25-26-27-30-32-35-38-41-44-47-53(56)59-50-51(60-54(57)48-45-42-39-36-33-29-24-21-18-15-12-9-6-3)49-58-52(55)46-43-40-37-34-31-28-23-20-17-14-11-8-5-2/h8-9,11-12,14-15,17-18,20-21,23-24,51H,4-7,10,13,16,19,22,25-50H2,1-3H3/b11-8+,12-9+,17-14+,18-15+,23-20+,24-21+. The smallest absolute Gasteiger partial charge is 0.306 e. The van der Waals surface area contributed by atoms with Crippen molar-refractivity contribution in [2.45, 2.75) is 239 Å². The van der Waals surface area contributed by atoms with Crippen LogP contribution in [0.25, 0.3) is 0 Å². The van der Waals surface area contributed by atoms with Crippen LogP contribution in [0.3, 0.4) is 0 Å². The largest absolute Gasteiger partial charge is 0.462 e. The molecule has 0 aliphatic heterocycles. The number of rotatable bonds is 44. The van der Waals surface area contributed by atoms with E-state index in [1.54, 1.807) is 0 Å². The Kier molecular flexibility index (Phi) is 46.0. The molecule has 0 saturated carbocycles. The van der Waals surface area contributed by atoms with Crippen molar-refractivity contribution in [2.24, 2.45) is 0 Å². The van der Waals surface area contributed by atoms with Gasteiger partial charge in [-0.15, -0.1) is 0 Å². The van der Waals surface area contributed by atoms with Gasteiger partial charge in [-0.25, -0.2) is 0 Å². The Morgan fingerprint density at radius 1 is 0.350 bits per heavy atom. The Hall–Kier alpha value is -3.15. The van der Waals surface area contributed by atoms with E-state index < -0.39 is 6.10 Å². The average molecular weight is 837 g/mol. The fraction of sp³-hybridized carbons (Fsp3) is 0.722. The first-order valence-corrected chi connectivity index (χ1v) is 25.0. The van der Waals surface area contributed by atoms with Crippen LogP contribution in [0, 0.1) is 0 Å². The summed E-state index contributed by atoms with van der Waals surface area (Å²) in [5.41, 5.74) is 0. The summed E-state index contributed by atoms with van der Waals surface area (Å²) in [6, 6.07) is 0. The van der Waals surface area contributed by atoms with Gasteiger partial charge < -0.3 is 14.2 Å². The normalized spacial score (nSPS) is 12.7. The molecule has 60 heavy (non-hydrogen) atoms. The monoisotopic (exact) mass is 837 g/mol. The second-order valence-corrected chi connectivity index (χ2v) is 16.4. The van der Waals surface area contributed by atoms with Crippen molar-refractivity contribution >= 4 is 17.9 Å². The first-order chi connectivity index (χ1) is 29.5. The van der Waals surface area contributed by atoms with Crippen molar-refractivity contribution in [1.29, 1.82) is 0 Å². The summed E-state index contributed by atoms with van der Waals surface area (Å²) in [5.74, 6) is -0.930. The summed E-state index contributed by atoms with van der Waals surface area (Å²) in [4.78, 5) is 37.9. The second kappa shape index (κ2) is 48.5. The first-order valence-electron chi connectivity index (χ1n) is 25.0. The quantitative estimate of drug-likeness (QED) is 0.0263. The van der Waals surface area contributed by atoms with Crippen LogP contribution >= 0.6 is 0 Å². The Morgan fingerprint density at radius 3 is 1.00 bits per heavy atom. The fourth-order valence-corrected chi connectivity index (χ4v) is 6.85. The van der Waals surface area contributed by atoms with Gasteiger partial charge in [0.1, 0.15) is 13.2 Å². The van der Waals surface area contributed by atoms with Crippen LogP contribution in [-0.2, 0) is 28.6 Å². The zero-order valence-electron chi connectivity index (χ0n) is 39.2. The van der Waals surface area contributed by atoms with Gasteiger partial charge in [-0.2, -0.15) is 0 Å². The van der Waals surface area contributed by atoms with Crippen LogP contribution in [0.4, 0.5) is 0 Å². The molecule has 0 heterocycles. The molecule has 6 heteroatoms. The Balaban J connectivity index is 4.41. The molecule has 0 aromatic carbocycles. The van der Waals surface area contributed by atoms with Crippen LogP contribution in [-0.4, -0.2) is 37.2 Å². The molecule has 0 bridgehead atoms. The minimum Gasteiger partial charge on any atom is -0.462 e. The molecule has 0 amide bonds. The number of hydrogen-bond donors (Lipinski definition) is 0. The van der Waals surface area contributed by atoms with Crippen molar-refractivity contribution in [3.8, 4) is 0 Å². The number of carbonyl (C=O) groups excluding carboxylic acids is 3. The lowest BCUT2D eigenvalue weighted by molar-refractivity contribution is -0.167. The van der Waals surface area contributed by atoms with Crippen LogP contribution < -0.4 is 0 Å². The predicted octanol–water partition coefficient (Wildman–Crippen LogP) is 16.3. The molecule has 1 atom stereocenters. The van der Waals surface area contributed by atoms with Crippen LogP contribution in [0.2, 0.25) is 0 Å². The van der Waals surface area contributed by atoms with Crippen molar-refractivity contribution in [2.75, 3.05) is 13.2 Å². The summed E-state index contributed by atoms with van der Waals surface area (Å²) in [7, 11) is 0. The zero-order chi connectivity index (χ0) is 43.7. The Labute approximate surface area is 370 Å². The van der Waals surface area contributed by atoms with Gasteiger partial charge in [0, 0.05) is 19.3 Å². The summed E-state index contributed by atoms with van der Waals surface area (Å²) < 4.78 is 16.7. The molecular weight excluding hydrogens is 745 g/mol. The van der Waals surface area contributed by atoms with Gasteiger partial charge in [0.2, 0.25) is 0 Å². The highest BCUT2D eigenvalue weighted by Crippen LogP contribution is 2.15. The summed E-state index contributed by atoms with van der Waals surface area (Å²) >= 11 is 0. The summed E-state index contributed by atoms with van der Waals surface area (Å²) in [5, 5.41) is 0. The molecule has 0 rings (SSSR count). The molecule has 0 radical (unpaired) electrons. The number of ether oxygens (including phenoxy) is 3. The van der Waals surface area contributed by atoms with Crippen LogP contribution in [0.5, 0.6) is 0 Å². The van der Waals surface area contributed by atoms with Crippen molar-refractivity contribution in [1.82, 2.24) is 0 Å². The molecule has 0 N–H and O–H groups in total. The molecule has 0 spiro atoms. The van der Waals surface area contributed by atoms with Gasteiger partial charge in [0.05, 0.1) is 0 Å². The van der Waals surface area contributed by atoms with Gasteiger partial charge in [-0.05, 0) is 57.8 Å². The van der Waals surface area contributed by atoms with Crippen LogP contribution in [0.1, 0.15) is 233 Å². The second-order valence-electron chi connectivity index (χ2n) is 16.4. The number of esters is 3. The lowest BCUT2D eigenvalue weighted by Gasteiger charge is -2.18. The van der Waals surface area contributed by atoms with E-state index in [1.807, 2.05) is 0 Å². The van der Waals surface area contributed by atoms with E-state index in [1.165, 1.54) is 83.5 Å². The van der Waals surface area contributed by atoms with Crippen molar-refractivity contribution < 1.29 is 28.6 Å². The maximum Gasteiger partial charge on any atom is 0.306 e. The van der Waals surface area contributed by atoms with Gasteiger partial charge in [0.25, 0.3) is 0 Å². The highest BCUT2D eigenvalue weighted by atomic mass is 16.6. The fourth-order valence-electron chi connectivity index (χ4n) is 6.85. The van der Waals surface area contributed by atoms with E-state index in [0.29, 0.717) is 19.3 Å². The molecular formula is C54H92O6. The maximum atomic E-state index is 12.8. The highest BCUT2D eigenvalue weighted by molar-refractivity contribution is 5.71. The predicted molar refractivity (Wildman–Crippen MR) is 256 cm³/mol. The van der Waals surface area contributed by atoms with E-state index in [4.69, 9.17) is 14.2 Å². The van der Waals surface area contributed by atoms with E-state index in [-0.39, 0.29) is 31.1 Å². The number of unbranched alkanes of at least 4 members (excludes halogenated alkanes) is 25. The number of hydrogen-bond acceptors (Lipinski definition) is 6. The molecule has 0 aromatic heterocycles. The zero-order valence-corrected chi connectivity index (χ0v) is 39.2. The van der Waals surface area contributed by atoms with Gasteiger partial charge in [-0.1, -0.05) is 229 Å². The Morgan fingerprint density at radius 2 is 0.650 bits per heavy atom.